The molecule has 0 aliphatic heterocycles. The first-order chi connectivity index (χ1) is 6.65. The molecule has 1 aromatic carbocycles. The maximum Gasteiger partial charge on any atom is 0.119 e. The molecule has 0 aliphatic rings. The van der Waals surface area contributed by atoms with Gasteiger partial charge in [-0.3, -0.25) is 0 Å². The summed E-state index contributed by atoms with van der Waals surface area (Å²) in [5, 5.41) is 8.36. The van der Waals surface area contributed by atoms with Crippen LogP contribution in [-0.4, -0.2) is 6.61 Å². The normalized spacial score (nSPS) is 9.57. The lowest BCUT2D eigenvalue weighted by molar-refractivity contribution is 0.326. The highest BCUT2D eigenvalue weighted by atomic mass is 79.9. The summed E-state index contributed by atoms with van der Waals surface area (Å²) in [5.74, 6) is 0.832. The first-order valence-electron chi connectivity index (χ1n) is 4.41. The molecule has 1 rings (SSSR count). The highest BCUT2D eigenvalue weighted by Crippen LogP contribution is 2.26. The van der Waals surface area contributed by atoms with Crippen molar-refractivity contribution in [3.8, 4) is 11.8 Å². The van der Waals surface area contributed by atoms with Gasteiger partial charge in [-0.25, -0.2) is 0 Å². The lowest BCUT2D eigenvalue weighted by Gasteiger charge is -2.08. The molecule has 14 heavy (non-hydrogen) atoms. The zero-order valence-corrected chi connectivity index (χ0v) is 9.89. The number of hydrogen-bond acceptors (Lipinski definition) is 2. The van der Waals surface area contributed by atoms with Crippen LogP contribution in [0.5, 0.6) is 5.75 Å². The molecule has 3 heteroatoms. The molecule has 0 spiro atoms. The van der Waals surface area contributed by atoms with E-state index in [1.165, 1.54) is 0 Å². The second kappa shape index (κ2) is 5.02. The number of halogens is 1. The molecular weight excluding hydrogens is 242 g/mol. The van der Waals surface area contributed by atoms with E-state index in [-0.39, 0.29) is 0 Å². The molecule has 2 nitrogen and oxygen atoms in total. The Bertz CT molecular complexity index is 345. The minimum Gasteiger partial charge on any atom is -0.493 e. The third kappa shape index (κ3) is 2.74. The summed E-state index contributed by atoms with van der Waals surface area (Å²) in [6.45, 7) is 4.50. The fourth-order valence-electron chi connectivity index (χ4n) is 1.20. The molecule has 0 bridgehead atoms. The third-order valence-corrected chi connectivity index (χ3v) is 3.14. The quantitative estimate of drug-likeness (QED) is 0.775. The van der Waals surface area contributed by atoms with Crippen LogP contribution >= 0.6 is 15.9 Å². The predicted molar refractivity (Wildman–Crippen MR) is 59.3 cm³/mol. The van der Waals surface area contributed by atoms with Gasteiger partial charge < -0.3 is 4.74 Å². The molecule has 1 aromatic rings. The van der Waals surface area contributed by atoms with E-state index in [2.05, 4.69) is 15.9 Å². The molecule has 0 heterocycles. The molecule has 0 unspecified atom stereocenters. The summed E-state index contributed by atoms with van der Waals surface area (Å²) >= 11 is 3.49. The first kappa shape index (κ1) is 11.1. The van der Waals surface area contributed by atoms with Crippen molar-refractivity contribution >= 4 is 15.9 Å². The zero-order chi connectivity index (χ0) is 10.6. The van der Waals surface area contributed by atoms with Gasteiger partial charge in [0.05, 0.1) is 12.5 Å². The first-order valence-corrected chi connectivity index (χ1v) is 5.21. The van der Waals surface area contributed by atoms with E-state index in [9.17, 15) is 0 Å². The van der Waals surface area contributed by atoms with Crippen LogP contribution in [-0.2, 0) is 0 Å². The molecule has 0 radical (unpaired) electrons. The Balaban J connectivity index is 2.75. The second-order valence-electron chi connectivity index (χ2n) is 3.13. The topological polar surface area (TPSA) is 33.0 Å². The maximum absolute atomic E-state index is 8.36. The van der Waals surface area contributed by atoms with Crippen molar-refractivity contribution in [3.63, 3.8) is 0 Å². The highest BCUT2D eigenvalue weighted by Gasteiger charge is 2.02. The van der Waals surface area contributed by atoms with Gasteiger partial charge in [-0.2, -0.15) is 5.26 Å². The van der Waals surface area contributed by atoms with Crippen LogP contribution in [0.25, 0.3) is 0 Å². The molecule has 0 amide bonds. The number of aryl methyl sites for hydroxylation is 2. The fraction of sp³-hybridized carbons (Fsp3) is 0.364. The minimum absolute atomic E-state index is 0.425. The van der Waals surface area contributed by atoms with Gasteiger partial charge in [-0.1, -0.05) is 15.9 Å². The van der Waals surface area contributed by atoms with Crippen molar-refractivity contribution in [1.82, 2.24) is 0 Å². The Morgan fingerprint density at radius 2 is 1.93 bits per heavy atom. The summed E-state index contributed by atoms with van der Waals surface area (Å²) in [4.78, 5) is 0. The number of ether oxygens (including phenoxy) is 1. The van der Waals surface area contributed by atoms with Crippen molar-refractivity contribution in [3.05, 3.63) is 27.7 Å². The van der Waals surface area contributed by atoms with E-state index in [1.807, 2.05) is 32.0 Å². The molecule has 74 valence electrons. The number of benzene rings is 1. The molecule has 0 atom stereocenters. The van der Waals surface area contributed by atoms with Gasteiger partial charge in [0.2, 0.25) is 0 Å². The molecule has 0 saturated heterocycles. The Kier molecular flexibility index (Phi) is 3.97. The third-order valence-electron chi connectivity index (χ3n) is 1.89. The summed E-state index contributed by atoms with van der Waals surface area (Å²) in [5.41, 5.74) is 2.30. The number of nitriles is 1. The average molecular weight is 254 g/mol. The summed E-state index contributed by atoms with van der Waals surface area (Å²) < 4.78 is 6.54. The van der Waals surface area contributed by atoms with Gasteiger partial charge in [-0.15, -0.1) is 0 Å². The van der Waals surface area contributed by atoms with Gasteiger partial charge in [0.15, 0.2) is 0 Å². The van der Waals surface area contributed by atoms with Crippen molar-refractivity contribution < 1.29 is 4.74 Å². The molecular formula is C11H12BrNO. The van der Waals surface area contributed by atoms with Crippen LogP contribution in [0.1, 0.15) is 17.5 Å². The minimum atomic E-state index is 0.425. The summed E-state index contributed by atoms with van der Waals surface area (Å²) in [7, 11) is 0. The van der Waals surface area contributed by atoms with Crippen LogP contribution in [0.2, 0.25) is 0 Å². The van der Waals surface area contributed by atoms with E-state index in [0.29, 0.717) is 13.0 Å². The largest absolute Gasteiger partial charge is 0.493 e. The average Bonchev–Trinajstić information content (AvgIpc) is 2.14. The molecule has 0 fully saturated rings. The number of hydrogen-bond donors (Lipinski definition) is 0. The van der Waals surface area contributed by atoms with Crippen LogP contribution in [0.15, 0.2) is 16.6 Å². The standard InChI is InChI=1S/C11H12BrNO/c1-8-6-10(14-5-3-4-13)7-9(2)11(8)12/h6-7H,3,5H2,1-2H3. The lowest BCUT2D eigenvalue weighted by atomic mass is 10.1. The maximum atomic E-state index is 8.36. The zero-order valence-electron chi connectivity index (χ0n) is 8.30. The van der Waals surface area contributed by atoms with Crippen molar-refractivity contribution in [2.45, 2.75) is 20.3 Å². The van der Waals surface area contributed by atoms with Gasteiger partial charge in [-0.05, 0) is 37.1 Å². The predicted octanol–water partition coefficient (Wildman–Crippen LogP) is 3.36. The van der Waals surface area contributed by atoms with E-state index in [1.54, 1.807) is 0 Å². The van der Waals surface area contributed by atoms with E-state index < -0.39 is 0 Å². The van der Waals surface area contributed by atoms with Gasteiger partial charge in [0, 0.05) is 4.47 Å². The molecule has 0 aliphatic carbocycles. The Labute approximate surface area is 92.6 Å². The SMILES string of the molecule is Cc1cc(OCCC#N)cc(C)c1Br. The van der Waals surface area contributed by atoms with Gasteiger partial charge in [0.25, 0.3) is 0 Å². The van der Waals surface area contributed by atoms with E-state index in [4.69, 9.17) is 10.00 Å². The van der Waals surface area contributed by atoms with Crippen LogP contribution in [0.3, 0.4) is 0 Å². The molecule has 0 saturated carbocycles. The van der Waals surface area contributed by atoms with E-state index >= 15 is 0 Å². The van der Waals surface area contributed by atoms with Crippen LogP contribution in [0, 0.1) is 25.2 Å². The lowest BCUT2D eigenvalue weighted by Crippen LogP contribution is -1.96. The highest BCUT2D eigenvalue weighted by molar-refractivity contribution is 9.10. The number of rotatable bonds is 3. The van der Waals surface area contributed by atoms with Crippen molar-refractivity contribution in [1.29, 1.82) is 5.26 Å². The number of nitrogens with zero attached hydrogens (tertiary/aromatic N) is 1. The molecule has 0 N–H and O–H groups in total. The van der Waals surface area contributed by atoms with Crippen LogP contribution < -0.4 is 4.74 Å². The Morgan fingerprint density at radius 1 is 1.36 bits per heavy atom. The monoisotopic (exact) mass is 253 g/mol. The van der Waals surface area contributed by atoms with E-state index in [0.717, 1.165) is 21.3 Å². The second-order valence-corrected chi connectivity index (χ2v) is 3.92. The Morgan fingerprint density at radius 3 is 2.43 bits per heavy atom. The fourth-order valence-corrected chi connectivity index (χ4v) is 1.43. The Hall–Kier alpha value is -1.01. The summed E-state index contributed by atoms with van der Waals surface area (Å²) in [6.07, 6.45) is 0.425. The van der Waals surface area contributed by atoms with Crippen molar-refractivity contribution in [2.24, 2.45) is 0 Å². The summed E-state index contributed by atoms with van der Waals surface area (Å²) in [6, 6.07) is 5.98. The van der Waals surface area contributed by atoms with Gasteiger partial charge in [0.1, 0.15) is 12.4 Å². The van der Waals surface area contributed by atoms with Crippen molar-refractivity contribution in [2.75, 3.05) is 6.61 Å². The van der Waals surface area contributed by atoms with Crippen LogP contribution in [0.4, 0.5) is 0 Å². The van der Waals surface area contributed by atoms with Gasteiger partial charge >= 0.3 is 0 Å². The smallest absolute Gasteiger partial charge is 0.119 e. The molecule has 0 aromatic heterocycles.